The number of rotatable bonds is 8. The van der Waals surface area contributed by atoms with Crippen LogP contribution in [0.15, 0.2) is 18.2 Å². The number of hydrogen-bond acceptors (Lipinski definition) is 4. The van der Waals surface area contributed by atoms with Gasteiger partial charge in [-0.3, -0.25) is 4.79 Å². The summed E-state index contributed by atoms with van der Waals surface area (Å²) in [5.74, 6) is 1.20. The lowest BCUT2D eigenvalue weighted by molar-refractivity contribution is -0.122. The molecule has 5 heteroatoms. The highest BCUT2D eigenvalue weighted by atomic mass is 16.5. The number of aryl methyl sites for hydroxylation is 1. The summed E-state index contributed by atoms with van der Waals surface area (Å²) in [4.78, 5) is 12.1. The predicted molar refractivity (Wildman–Crippen MR) is 90.3 cm³/mol. The van der Waals surface area contributed by atoms with E-state index in [2.05, 4.69) is 5.32 Å². The van der Waals surface area contributed by atoms with Crippen molar-refractivity contribution >= 4 is 5.91 Å². The Labute approximate surface area is 138 Å². The Morgan fingerprint density at radius 2 is 2.17 bits per heavy atom. The molecule has 0 aromatic heterocycles. The Balaban J connectivity index is 1.87. The fourth-order valence-corrected chi connectivity index (χ4v) is 3.00. The van der Waals surface area contributed by atoms with Gasteiger partial charge in [0, 0.05) is 31.7 Å². The largest absolute Gasteiger partial charge is 0.491 e. The van der Waals surface area contributed by atoms with E-state index < -0.39 is 0 Å². The van der Waals surface area contributed by atoms with Crippen molar-refractivity contribution in [3.63, 3.8) is 0 Å². The van der Waals surface area contributed by atoms with E-state index in [1.54, 1.807) is 7.11 Å². The van der Waals surface area contributed by atoms with Crippen LogP contribution < -0.4 is 15.8 Å². The van der Waals surface area contributed by atoms with Gasteiger partial charge in [0.1, 0.15) is 12.4 Å². The normalized spacial score (nSPS) is 20.5. The third-order valence-corrected chi connectivity index (χ3v) is 4.41. The molecule has 1 aliphatic rings. The first-order valence-corrected chi connectivity index (χ1v) is 8.33. The first kappa shape index (κ1) is 17.8. The van der Waals surface area contributed by atoms with Gasteiger partial charge in [0.05, 0.1) is 6.61 Å². The van der Waals surface area contributed by atoms with Crippen LogP contribution >= 0.6 is 0 Å². The van der Waals surface area contributed by atoms with Gasteiger partial charge in [-0.25, -0.2) is 0 Å². The van der Waals surface area contributed by atoms with E-state index in [-0.39, 0.29) is 11.9 Å². The highest BCUT2D eigenvalue weighted by molar-refractivity contribution is 5.76. The minimum atomic E-state index is 0.0655. The standard InChI is InChI=1S/C18H28N2O3/c1-13-6-7-15(17(10-13)23-9-8-22-2)12-20-18(21)11-14-4-3-5-16(14)19/h6-7,10,14,16H,3-5,8-9,11-12,19H2,1-2H3,(H,20,21)/t14-,16+/m0/s1. The molecule has 0 bridgehead atoms. The Morgan fingerprint density at radius 3 is 2.87 bits per heavy atom. The topological polar surface area (TPSA) is 73.6 Å². The average molecular weight is 320 g/mol. The number of nitrogens with one attached hydrogen (secondary N) is 1. The van der Waals surface area contributed by atoms with Crippen molar-refractivity contribution < 1.29 is 14.3 Å². The SMILES string of the molecule is COCCOc1cc(C)ccc1CNC(=O)C[C@@H]1CCC[C@H]1N. The van der Waals surface area contributed by atoms with Crippen LogP contribution in [0.5, 0.6) is 5.75 Å². The summed E-state index contributed by atoms with van der Waals surface area (Å²) in [6.45, 7) is 3.54. The molecule has 0 saturated heterocycles. The molecule has 1 saturated carbocycles. The second kappa shape index (κ2) is 8.89. The first-order chi connectivity index (χ1) is 11.1. The van der Waals surface area contributed by atoms with Gasteiger partial charge in [0.15, 0.2) is 0 Å². The van der Waals surface area contributed by atoms with Gasteiger partial charge >= 0.3 is 0 Å². The molecule has 1 fully saturated rings. The van der Waals surface area contributed by atoms with Crippen LogP contribution in [0.3, 0.4) is 0 Å². The molecule has 0 heterocycles. The molecule has 2 atom stereocenters. The Hall–Kier alpha value is -1.59. The molecule has 3 N–H and O–H groups in total. The number of methoxy groups -OCH3 is 1. The van der Waals surface area contributed by atoms with Gasteiger partial charge in [-0.1, -0.05) is 18.6 Å². The molecule has 1 aliphatic carbocycles. The minimum absolute atomic E-state index is 0.0655. The van der Waals surface area contributed by atoms with Crippen LogP contribution in [-0.4, -0.2) is 32.3 Å². The van der Waals surface area contributed by atoms with Crippen molar-refractivity contribution in [2.75, 3.05) is 20.3 Å². The van der Waals surface area contributed by atoms with Gasteiger partial charge < -0.3 is 20.5 Å². The molecule has 1 aromatic rings. The monoisotopic (exact) mass is 320 g/mol. The minimum Gasteiger partial charge on any atom is -0.491 e. The van der Waals surface area contributed by atoms with Gasteiger partial charge in [-0.2, -0.15) is 0 Å². The highest BCUT2D eigenvalue weighted by Crippen LogP contribution is 2.27. The smallest absolute Gasteiger partial charge is 0.220 e. The maximum atomic E-state index is 12.1. The maximum absolute atomic E-state index is 12.1. The molecule has 128 valence electrons. The molecular formula is C18H28N2O3. The van der Waals surface area contributed by atoms with Crippen molar-refractivity contribution in [2.24, 2.45) is 11.7 Å². The maximum Gasteiger partial charge on any atom is 0.220 e. The van der Waals surface area contributed by atoms with E-state index in [0.717, 1.165) is 36.1 Å². The lowest BCUT2D eigenvalue weighted by Crippen LogP contribution is -2.31. The van der Waals surface area contributed by atoms with Crippen LogP contribution in [0, 0.1) is 12.8 Å². The second-order valence-corrected chi connectivity index (χ2v) is 6.29. The zero-order valence-corrected chi connectivity index (χ0v) is 14.1. The number of benzene rings is 1. The highest BCUT2D eigenvalue weighted by Gasteiger charge is 2.25. The van der Waals surface area contributed by atoms with Gasteiger partial charge in [0.25, 0.3) is 0 Å². The molecule has 5 nitrogen and oxygen atoms in total. The van der Waals surface area contributed by atoms with E-state index in [4.69, 9.17) is 15.2 Å². The fourth-order valence-electron chi connectivity index (χ4n) is 3.00. The zero-order valence-electron chi connectivity index (χ0n) is 14.1. The molecular weight excluding hydrogens is 292 g/mol. The number of hydrogen-bond donors (Lipinski definition) is 2. The van der Waals surface area contributed by atoms with E-state index in [1.807, 2.05) is 25.1 Å². The molecule has 23 heavy (non-hydrogen) atoms. The van der Waals surface area contributed by atoms with E-state index in [9.17, 15) is 4.79 Å². The van der Waals surface area contributed by atoms with Gasteiger partial charge in [-0.15, -0.1) is 0 Å². The van der Waals surface area contributed by atoms with Crippen molar-refractivity contribution in [1.29, 1.82) is 0 Å². The summed E-state index contributed by atoms with van der Waals surface area (Å²) in [5.41, 5.74) is 8.14. The Morgan fingerprint density at radius 1 is 1.35 bits per heavy atom. The van der Waals surface area contributed by atoms with E-state index >= 15 is 0 Å². The molecule has 1 amide bonds. The molecule has 0 unspecified atom stereocenters. The van der Waals surface area contributed by atoms with Gasteiger partial charge in [-0.05, 0) is 37.3 Å². The predicted octanol–water partition coefficient (Wildman–Crippen LogP) is 2.15. The number of ether oxygens (including phenoxy) is 2. The molecule has 0 aliphatic heterocycles. The molecule has 1 aromatic carbocycles. The van der Waals surface area contributed by atoms with E-state index in [0.29, 0.717) is 32.1 Å². The lowest BCUT2D eigenvalue weighted by Gasteiger charge is -2.16. The molecule has 2 rings (SSSR count). The molecule has 0 radical (unpaired) electrons. The third-order valence-electron chi connectivity index (χ3n) is 4.41. The lowest BCUT2D eigenvalue weighted by atomic mass is 10.00. The molecule has 0 spiro atoms. The van der Waals surface area contributed by atoms with Crippen LogP contribution in [0.4, 0.5) is 0 Å². The summed E-state index contributed by atoms with van der Waals surface area (Å²) >= 11 is 0. The van der Waals surface area contributed by atoms with Crippen LogP contribution in [-0.2, 0) is 16.1 Å². The summed E-state index contributed by atoms with van der Waals surface area (Å²) in [7, 11) is 1.65. The number of amides is 1. The zero-order chi connectivity index (χ0) is 16.7. The Kier molecular flexibility index (Phi) is 6.86. The second-order valence-electron chi connectivity index (χ2n) is 6.29. The summed E-state index contributed by atoms with van der Waals surface area (Å²) in [6, 6.07) is 6.19. The third kappa shape index (κ3) is 5.52. The first-order valence-electron chi connectivity index (χ1n) is 8.33. The average Bonchev–Trinajstić information content (AvgIpc) is 2.92. The number of carbonyl (C=O) groups is 1. The van der Waals surface area contributed by atoms with Crippen LogP contribution in [0.1, 0.15) is 36.8 Å². The van der Waals surface area contributed by atoms with Gasteiger partial charge in [0.2, 0.25) is 5.91 Å². The summed E-state index contributed by atoms with van der Waals surface area (Å²) < 4.78 is 10.8. The number of nitrogens with two attached hydrogens (primary N) is 1. The van der Waals surface area contributed by atoms with Crippen molar-refractivity contribution in [3.8, 4) is 5.75 Å². The van der Waals surface area contributed by atoms with Crippen LogP contribution in [0.2, 0.25) is 0 Å². The van der Waals surface area contributed by atoms with Crippen molar-refractivity contribution in [3.05, 3.63) is 29.3 Å². The van der Waals surface area contributed by atoms with E-state index in [1.165, 1.54) is 0 Å². The number of carbonyl (C=O) groups excluding carboxylic acids is 1. The quantitative estimate of drug-likeness (QED) is 0.720. The Bertz CT molecular complexity index is 519. The fraction of sp³-hybridized carbons (Fsp3) is 0.611. The summed E-state index contributed by atoms with van der Waals surface area (Å²) in [6.07, 6.45) is 3.75. The van der Waals surface area contributed by atoms with Crippen molar-refractivity contribution in [2.45, 2.75) is 45.2 Å². The summed E-state index contributed by atoms with van der Waals surface area (Å²) in [5, 5.41) is 2.99. The van der Waals surface area contributed by atoms with Crippen LogP contribution in [0.25, 0.3) is 0 Å². The van der Waals surface area contributed by atoms with Crippen molar-refractivity contribution in [1.82, 2.24) is 5.32 Å².